The number of aryl methyl sites for hydroxylation is 2. The number of nitrogens with zero attached hydrogens (tertiary/aromatic N) is 7. The maximum Gasteiger partial charge on any atom is 0.276 e. The van der Waals surface area contributed by atoms with E-state index in [-0.39, 0.29) is 23.6 Å². The Labute approximate surface area is 212 Å². The first-order chi connectivity index (χ1) is 17.4. The van der Waals surface area contributed by atoms with Crippen molar-refractivity contribution >= 4 is 34.7 Å². The van der Waals surface area contributed by atoms with E-state index in [4.69, 9.17) is 0 Å². The maximum absolute atomic E-state index is 13.1. The lowest BCUT2D eigenvalue weighted by Crippen LogP contribution is -2.39. The summed E-state index contributed by atoms with van der Waals surface area (Å²) in [4.78, 5) is 45.6. The highest BCUT2D eigenvalue weighted by molar-refractivity contribution is 7.09. The summed E-state index contributed by atoms with van der Waals surface area (Å²) in [6.07, 6.45) is 3.85. The molecule has 0 bridgehead atoms. The van der Waals surface area contributed by atoms with Gasteiger partial charge in [-0.1, -0.05) is 0 Å². The molecule has 0 unspecified atom stereocenters. The van der Waals surface area contributed by atoms with Gasteiger partial charge in [-0.2, -0.15) is 5.10 Å². The van der Waals surface area contributed by atoms with Crippen LogP contribution in [-0.4, -0.2) is 85.0 Å². The van der Waals surface area contributed by atoms with Crippen molar-refractivity contribution in [3.8, 4) is 0 Å². The second kappa shape index (κ2) is 10.3. The first-order valence-electron chi connectivity index (χ1n) is 12.4. The summed E-state index contributed by atoms with van der Waals surface area (Å²) in [5, 5.41) is 18.4. The molecule has 2 aliphatic heterocycles. The fraction of sp³-hybridized carbons (Fsp3) is 0.542. The van der Waals surface area contributed by atoms with Crippen molar-refractivity contribution in [2.75, 3.05) is 32.7 Å². The Morgan fingerprint density at radius 2 is 1.97 bits per heavy atom. The summed E-state index contributed by atoms with van der Waals surface area (Å²) in [6.45, 7) is 6.92. The Morgan fingerprint density at radius 1 is 1.17 bits per heavy atom. The van der Waals surface area contributed by atoms with Gasteiger partial charge in [0, 0.05) is 56.5 Å². The lowest BCUT2D eigenvalue weighted by atomic mass is 9.97. The highest BCUT2D eigenvalue weighted by Crippen LogP contribution is 2.31. The van der Waals surface area contributed by atoms with Crippen LogP contribution in [0.3, 0.4) is 0 Å². The van der Waals surface area contributed by atoms with Crippen LogP contribution in [0, 0.1) is 13.8 Å². The van der Waals surface area contributed by atoms with Gasteiger partial charge in [-0.05, 0) is 39.5 Å². The van der Waals surface area contributed by atoms with Gasteiger partial charge in [-0.25, -0.2) is 9.50 Å². The van der Waals surface area contributed by atoms with Crippen LogP contribution < -0.4 is 5.32 Å². The van der Waals surface area contributed by atoms with E-state index >= 15 is 0 Å². The predicted molar refractivity (Wildman–Crippen MR) is 133 cm³/mol. The zero-order valence-electron chi connectivity index (χ0n) is 20.6. The molecule has 2 saturated heterocycles. The van der Waals surface area contributed by atoms with Crippen LogP contribution in [0.1, 0.15) is 75.4 Å². The third kappa shape index (κ3) is 4.95. The molecule has 12 heteroatoms. The Bertz CT molecular complexity index is 1290. The molecule has 3 aromatic rings. The lowest BCUT2D eigenvalue weighted by molar-refractivity contribution is -0.127. The molecule has 1 N–H and O–H groups in total. The van der Waals surface area contributed by atoms with E-state index in [0.29, 0.717) is 55.3 Å². The number of amides is 3. The lowest BCUT2D eigenvalue weighted by Gasteiger charge is -2.31. The van der Waals surface area contributed by atoms with Crippen LogP contribution in [0.15, 0.2) is 11.4 Å². The maximum atomic E-state index is 13.1. The van der Waals surface area contributed by atoms with Gasteiger partial charge in [0.25, 0.3) is 11.8 Å². The normalized spacial score (nSPS) is 16.8. The first-order valence-corrected chi connectivity index (χ1v) is 13.3. The number of hydrogen-bond donors (Lipinski definition) is 1. The fourth-order valence-corrected chi connectivity index (χ4v) is 5.81. The van der Waals surface area contributed by atoms with Crippen LogP contribution in [0.5, 0.6) is 0 Å². The highest BCUT2D eigenvalue weighted by atomic mass is 32.1. The minimum atomic E-state index is -0.184. The van der Waals surface area contributed by atoms with Crippen LogP contribution in [-0.2, 0) is 4.79 Å². The van der Waals surface area contributed by atoms with E-state index in [1.165, 1.54) is 11.3 Å². The van der Waals surface area contributed by atoms with E-state index in [1.54, 1.807) is 9.90 Å². The number of carbonyl (C=O) groups excluding carboxylic acids is 3. The Morgan fingerprint density at radius 3 is 2.72 bits per heavy atom. The number of likely N-dealkylation sites (tertiary alicyclic amines) is 2. The van der Waals surface area contributed by atoms with Gasteiger partial charge in [-0.3, -0.25) is 14.4 Å². The Kier molecular flexibility index (Phi) is 6.95. The Hall–Kier alpha value is -3.41. The second-order valence-electron chi connectivity index (χ2n) is 9.42. The minimum Gasteiger partial charge on any atom is -0.351 e. The highest BCUT2D eigenvalue weighted by Gasteiger charge is 2.29. The molecule has 190 valence electrons. The zero-order chi connectivity index (χ0) is 25.2. The Balaban J connectivity index is 1.12. The molecule has 0 atom stereocenters. The number of nitrogens with one attached hydrogen (secondary N) is 1. The fourth-order valence-electron chi connectivity index (χ4n) is 4.84. The van der Waals surface area contributed by atoms with Crippen molar-refractivity contribution in [1.82, 2.24) is 39.9 Å². The van der Waals surface area contributed by atoms with Crippen molar-refractivity contribution in [2.45, 2.75) is 51.9 Å². The number of thiazole rings is 1. The molecule has 0 aliphatic carbocycles. The summed E-state index contributed by atoms with van der Waals surface area (Å²) in [5.41, 5.74) is 2.90. The number of hydrogen-bond acceptors (Lipinski definition) is 8. The summed E-state index contributed by atoms with van der Waals surface area (Å²) in [6, 6.07) is 1.83. The molecule has 11 nitrogen and oxygen atoms in total. The summed E-state index contributed by atoms with van der Waals surface area (Å²) >= 11 is 1.49. The molecule has 0 saturated carbocycles. The summed E-state index contributed by atoms with van der Waals surface area (Å²) < 4.78 is 1.66. The number of fused-ring (bicyclic) bond motifs is 1. The minimum absolute atomic E-state index is 0.136. The van der Waals surface area contributed by atoms with Gasteiger partial charge < -0.3 is 15.1 Å². The average Bonchev–Trinajstić information content (AvgIpc) is 3.62. The van der Waals surface area contributed by atoms with Gasteiger partial charge in [0.2, 0.25) is 5.91 Å². The summed E-state index contributed by atoms with van der Waals surface area (Å²) in [5.74, 6) is 0.0973. The molecule has 2 fully saturated rings. The monoisotopic (exact) mass is 510 g/mol. The second-order valence-corrected chi connectivity index (χ2v) is 10.3. The van der Waals surface area contributed by atoms with Crippen molar-refractivity contribution in [3.63, 3.8) is 0 Å². The van der Waals surface area contributed by atoms with Crippen LogP contribution in [0.25, 0.3) is 5.65 Å². The van der Waals surface area contributed by atoms with Gasteiger partial charge in [0.1, 0.15) is 5.69 Å². The van der Waals surface area contributed by atoms with Crippen LogP contribution >= 0.6 is 11.3 Å². The SMILES string of the molecule is Cc1cc2nnc(C(=O)N3CCC(c4nc(C(=O)NCCCN5CCCC5=O)cs4)CC3)c(C)n2n1. The quantitative estimate of drug-likeness (QED) is 0.482. The number of carbonyl (C=O) groups is 3. The molecule has 0 radical (unpaired) electrons. The number of aromatic nitrogens is 5. The van der Waals surface area contributed by atoms with E-state index in [2.05, 4.69) is 25.6 Å². The van der Waals surface area contributed by atoms with Crippen molar-refractivity contribution in [1.29, 1.82) is 0 Å². The molecule has 5 rings (SSSR count). The molecule has 0 aromatic carbocycles. The smallest absolute Gasteiger partial charge is 0.276 e. The van der Waals surface area contributed by atoms with Crippen molar-refractivity contribution in [2.24, 2.45) is 0 Å². The topological polar surface area (TPSA) is 126 Å². The van der Waals surface area contributed by atoms with Crippen molar-refractivity contribution < 1.29 is 14.4 Å². The largest absolute Gasteiger partial charge is 0.351 e. The number of rotatable bonds is 7. The molecule has 2 aliphatic rings. The third-order valence-corrected chi connectivity index (χ3v) is 7.88. The van der Waals surface area contributed by atoms with Crippen LogP contribution in [0.4, 0.5) is 0 Å². The van der Waals surface area contributed by atoms with E-state index in [9.17, 15) is 14.4 Å². The average molecular weight is 511 g/mol. The molecule has 0 spiro atoms. The third-order valence-electron chi connectivity index (χ3n) is 6.88. The van der Waals surface area contributed by atoms with E-state index in [1.807, 2.05) is 29.7 Å². The van der Waals surface area contributed by atoms with Crippen molar-refractivity contribution in [3.05, 3.63) is 39.2 Å². The molecule has 3 aromatic heterocycles. The molecule has 3 amide bonds. The van der Waals surface area contributed by atoms with Gasteiger partial charge >= 0.3 is 0 Å². The molecule has 36 heavy (non-hydrogen) atoms. The standard InChI is InChI=1S/C24H30N8O3S/c1-15-13-19-27-28-21(16(2)32(19)29-15)24(35)31-11-6-17(7-12-31)23-26-18(14-36-23)22(34)25-8-4-10-30-9-3-5-20(30)33/h13-14,17H,3-12H2,1-2H3,(H,25,34). The molecular weight excluding hydrogens is 480 g/mol. The summed E-state index contributed by atoms with van der Waals surface area (Å²) in [7, 11) is 0. The van der Waals surface area contributed by atoms with Gasteiger partial charge in [-0.15, -0.1) is 21.5 Å². The van der Waals surface area contributed by atoms with E-state index < -0.39 is 0 Å². The van der Waals surface area contributed by atoms with Gasteiger partial charge in [0.15, 0.2) is 11.3 Å². The molecular formula is C24H30N8O3S. The predicted octanol–water partition coefficient (Wildman–Crippen LogP) is 1.96. The van der Waals surface area contributed by atoms with E-state index in [0.717, 1.165) is 42.9 Å². The van der Waals surface area contributed by atoms with Crippen LogP contribution in [0.2, 0.25) is 0 Å². The number of piperidine rings is 1. The molecule has 5 heterocycles. The first kappa shape index (κ1) is 24.3. The van der Waals surface area contributed by atoms with Gasteiger partial charge in [0.05, 0.1) is 16.4 Å². The zero-order valence-corrected chi connectivity index (χ0v) is 21.4.